The SMILES string of the molecule is CCOC(=O)[C@@H](C)NC(=O)C12C[C@@H]3C[C@@H](C1)CC(c1ccc(C)cc1)(C3)C2. The molecule has 0 spiro atoms. The van der Waals surface area contributed by atoms with Crippen LogP contribution in [-0.4, -0.2) is 24.5 Å². The fourth-order valence-corrected chi connectivity index (χ4v) is 6.45. The Labute approximate surface area is 162 Å². The molecule has 1 amide bonds. The first kappa shape index (κ1) is 18.5. The maximum absolute atomic E-state index is 13.3. The molecule has 1 aromatic rings. The van der Waals surface area contributed by atoms with Crippen molar-refractivity contribution >= 4 is 11.9 Å². The number of aryl methyl sites for hydroxylation is 1. The number of ether oxygens (including phenoxy) is 1. The number of amides is 1. The van der Waals surface area contributed by atoms with Crippen LogP contribution in [0.5, 0.6) is 0 Å². The predicted molar refractivity (Wildman–Crippen MR) is 104 cm³/mol. The molecule has 1 N–H and O–H groups in total. The molecule has 4 saturated carbocycles. The van der Waals surface area contributed by atoms with Gasteiger partial charge in [0, 0.05) is 0 Å². The first-order valence-corrected chi connectivity index (χ1v) is 10.4. The average molecular weight is 370 g/mol. The van der Waals surface area contributed by atoms with Gasteiger partial charge in [0.15, 0.2) is 0 Å². The molecule has 0 aromatic heterocycles. The van der Waals surface area contributed by atoms with E-state index in [1.807, 2.05) is 0 Å². The summed E-state index contributed by atoms with van der Waals surface area (Å²) in [4.78, 5) is 25.3. The highest BCUT2D eigenvalue weighted by molar-refractivity contribution is 5.88. The molecule has 0 heterocycles. The fraction of sp³-hybridized carbons (Fsp3) is 0.652. The first-order valence-electron chi connectivity index (χ1n) is 10.4. The third-order valence-corrected chi connectivity index (χ3v) is 7.19. The predicted octanol–water partition coefficient (Wildman–Crippen LogP) is 3.90. The van der Waals surface area contributed by atoms with E-state index in [4.69, 9.17) is 4.74 Å². The van der Waals surface area contributed by atoms with Crippen molar-refractivity contribution in [3.63, 3.8) is 0 Å². The lowest BCUT2D eigenvalue weighted by Gasteiger charge is -2.61. The molecule has 4 fully saturated rings. The van der Waals surface area contributed by atoms with Crippen molar-refractivity contribution in [3.05, 3.63) is 35.4 Å². The minimum absolute atomic E-state index is 0.0636. The first-order chi connectivity index (χ1) is 12.9. The minimum atomic E-state index is -0.583. The van der Waals surface area contributed by atoms with E-state index in [1.165, 1.54) is 30.4 Å². The summed E-state index contributed by atoms with van der Waals surface area (Å²) in [5.74, 6) is 0.963. The molecule has 4 aliphatic rings. The van der Waals surface area contributed by atoms with Gasteiger partial charge < -0.3 is 10.1 Å². The third-order valence-electron chi connectivity index (χ3n) is 7.19. The number of hydrogen-bond donors (Lipinski definition) is 1. The van der Waals surface area contributed by atoms with Gasteiger partial charge in [-0.15, -0.1) is 0 Å². The highest BCUT2D eigenvalue weighted by Gasteiger charge is 2.61. The number of nitrogens with one attached hydrogen (secondary N) is 1. The Kier molecular flexibility index (Phi) is 4.56. The van der Waals surface area contributed by atoms with Gasteiger partial charge in [0.2, 0.25) is 5.91 Å². The van der Waals surface area contributed by atoms with E-state index in [2.05, 4.69) is 36.5 Å². The summed E-state index contributed by atoms with van der Waals surface area (Å²) in [7, 11) is 0. The van der Waals surface area contributed by atoms with Crippen molar-refractivity contribution in [2.24, 2.45) is 17.3 Å². The average Bonchev–Trinajstić information content (AvgIpc) is 2.61. The molecule has 1 aromatic carbocycles. The molecule has 4 heteroatoms. The van der Waals surface area contributed by atoms with Crippen LogP contribution < -0.4 is 5.32 Å². The number of rotatable bonds is 5. The second kappa shape index (κ2) is 6.65. The zero-order valence-electron chi connectivity index (χ0n) is 16.7. The van der Waals surface area contributed by atoms with E-state index in [0.717, 1.165) is 19.3 Å². The number of carbonyl (C=O) groups excluding carboxylic acids is 2. The van der Waals surface area contributed by atoms with Crippen LogP contribution in [0.2, 0.25) is 0 Å². The largest absolute Gasteiger partial charge is 0.464 e. The van der Waals surface area contributed by atoms with Gasteiger partial charge in [-0.1, -0.05) is 29.8 Å². The molecule has 0 aliphatic heterocycles. The molecule has 5 rings (SSSR count). The van der Waals surface area contributed by atoms with Crippen molar-refractivity contribution in [2.75, 3.05) is 6.61 Å². The highest BCUT2D eigenvalue weighted by Crippen LogP contribution is 2.65. The van der Waals surface area contributed by atoms with Crippen LogP contribution in [-0.2, 0) is 19.7 Å². The van der Waals surface area contributed by atoms with Crippen LogP contribution in [0.15, 0.2) is 24.3 Å². The molecule has 0 saturated heterocycles. The topological polar surface area (TPSA) is 55.4 Å². The zero-order chi connectivity index (χ0) is 19.2. The van der Waals surface area contributed by atoms with Gasteiger partial charge in [-0.3, -0.25) is 4.79 Å². The van der Waals surface area contributed by atoms with E-state index in [0.29, 0.717) is 18.4 Å². The molecule has 4 bridgehead atoms. The third kappa shape index (κ3) is 3.17. The van der Waals surface area contributed by atoms with Gasteiger partial charge in [0.1, 0.15) is 6.04 Å². The second-order valence-electron chi connectivity index (χ2n) is 9.33. The van der Waals surface area contributed by atoms with Gasteiger partial charge in [0.05, 0.1) is 12.0 Å². The normalized spacial score (nSPS) is 34.9. The Hall–Kier alpha value is -1.84. The summed E-state index contributed by atoms with van der Waals surface area (Å²) in [6, 6.07) is 8.36. The van der Waals surface area contributed by atoms with Crippen molar-refractivity contribution in [2.45, 2.75) is 70.8 Å². The van der Waals surface area contributed by atoms with E-state index in [9.17, 15) is 9.59 Å². The molecule has 4 nitrogen and oxygen atoms in total. The van der Waals surface area contributed by atoms with Crippen molar-refractivity contribution in [3.8, 4) is 0 Å². The summed E-state index contributed by atoms with van der Waals surface area (Å²) < 4.78 is 5.07. The van der Waals surface area contributed by atoms with Crippen LogP contribution >= 0.6 is 0 Å². The van der Waals surface area contributed by atoms with Crippen molar-refractivity contribution in [1.82, 2.24) is 5.32 Å². The fourth-order valence-electron chi connectivity index (χ4n) is 6.45. The van der Waals surface area contributed by atoms with Gasteiger partial charge in [-0.2, -0.15) is 0 Å². The Morgan fingerprint density at radius 3 is 2.37 bits per heavy atom. The van der Waals surface area contributed by atoms with E-state index in [1.54, 1.807) is 13.8 Å². The maximum atomic E-state index is 13.3. The van der Waals surface area contributed by atoms with Gasteiger partial charge >= 0.3 is 5.97 Å². The second-order valence-corrected chi connectivity index (χ2v) is 9.33. The van der Waals surface area contributed by atoms with E-state index >= 15 is 0 Å². The summed E-state index contributed by atoms with van der Waals surface area (Å²) in [6.07, 6.45) is 6.52. The van der Waals surface area contributed by atoms with Crippen LogP contribution in [0.25, 0.3) is 0 Å². The Morgan fingerprint density at radius 2 is 1.78 bits per heavy atom. The standard InChI is InChI=1S/C23H31NO3/c1-4-27-20(25)16(3)24-21(26)23-12-17-9-18(13-23)11-22(10-17,14-23)19-7-5-15(2)6-8-19/h5-8,16-18H,4,9-14H2,1-3H3,(H,24,26)/t16-,17-,18-,22?,23?/m1/s1. The monoisotopic (exact) mass is 369 g/mol. The number of hydrogen-bond acceptors (Lipinski definition) is 3. The summed E-state index contributed by atoms with van der Waals surface area (Å²) in [5.41, 5.74) is 2.48. The molecule has 0 radical (unpaired) electrons. The van der Waals surface area contributed by atoms with Crippen molar-refractivity contribution < 1.29 is 14.3 Å². The number of benzene rings is 1. The molecule has 146 valence electrons. The highest BCUT2D eigenvalue weighted by atomic mass is 16.5. The van der Waals surface area contributed by atoms with E-state index < -0.39 is 6.04 Å². The van der Waals surface area contributed by atoms with Crippen LogP contribution in [0.3, 0.4) is 0 Å². The van der Waals surface area contributed by atoms with Gasteiger partial charge in [-0.05, 0) is 82.1 Å². The Bertz CT molecular complexity index is 724. The number of carbonyl (C=O) groups is 2. The smallest absolute Gasteiger partial charge is 0.328 e. The van der Waals surface area contributed by atoms with Gasteiger partial charge in [0.25, 0.3) is 0 Å². The minimum Gasteiger partial charge on any atom is -0.464 e. The van der Waals surface area contributed by atoms with Crippen LogP contribution in [0, 0.1) is 24.2 Å². The Balaban J connectivity index is 1.59. The lowest BCUT2D eigenvalue weighted by atomic mass is 9.42. The molecular formula is C23H31NO3. The summed E-state index contributed by atoms with van der Waals surface area (Å²) in [5, 5.41) is 2.99. The van der Waals surface area contributed by atoms with Crippen LogP contribution in [0.4, 0.5) is 0 Å². The van der Waals surface area contributed by atoms with E-state index in [-0.39, 0.29) is 22.7 Å². The Morgan fingerprint density at radius 1 is 1.15 bits per heavy atom. The lowest BCUT2D eigenvalue weighted by molar-refractivity contribution is -0.155. The maximum Gasteiger partial charge on any atom is 0.328 e. The lowest BCUT2D eigenvalue weighted by Crippen LogP contribution is -2.60. The van der Waals surface area contributed by atoms with Crippen molar-refractivity contribution in [1.29, 1.82) is 0 Å². The molecule has 0 unspecified atom stereocenters. The van der Waals surface area contributed by atoms with Crippen LogP contribution in [0.1, 0.15) is 63.5 Å². The quantitative estimate of drug-likeness (QED) is 0.801. The molecule has 4 aliphatic carbocycles. The van der Waals surface area contributed by atoms with Gasteiger partial charge in [-0.25, -0.2) is 4.79 Å². The number of esters is 1. The molecular weight excluding hydrogens is 338 g/mol. The molecule has 3 atom stereocenters. The summed E-state index contributed by atoms with van der Waals surface area (Å²) in [6.45, 7) is 5.98. The molecule has 27 heavy (non-hydrogen) atoms. The zero-order valence-corrected chi connectivity index (χ0v) is 16.7. The summed E-state index contributed by atoms with van der Waals surface area (Å²) >= 11 is 0.